The van der Waals surface area contributed by atoms with Crippen LogP contribution in [0.25, 0.3) is 0 Å². The van der Waals surface area contributed by atoms with Gasteiger partial charge in [-0.05, 0) is 45.4 Å². The molecule has 1 aliphatic carbocycles. The highest BCUT2D eigenvalue weighted by Gasteiger charge is 2.53. The van der Waals surface area contributed by atoms with Crippen LogP contribution >= 0.6 is 0 Å². The molecule has 2 N–H and O–H groups in total. The molecule has 1 aromatic rings. The fourth-order valence-corrected chi connectivity index (χ4v) is 3.44. The monoisotopic (exact) mass is 342 g/mol. The zero-order valence-corrected chi connectivity index (χ0v) is 14.6. The summed E-state index contributed by atoms with van der Waals surface area (Å²) >= 11 is 0. The molecule has 1 aromatic carbocycles. The van der Waals surface area contributed by atoms with Crippen molar-refractivity contribution in [1.29, 1.82) is 5.26 Å². The van der Waals surface area contributed by atoms with E-state index < -0.39 is 23.2 Å². The molecule has 6 nitrogen and oxygen atoms in total. The van der Waals surface area contributed by atoms with Gasteiger partial charge in [0.25, 0.3) is 0 Å². The smallest absolute Gasteiger partial charge is 0.144 e. The van der Waals surface area contributed by atoms with Gasteiger partial charge in [0, 0.05) is 17.7 Å². The van der Waals surface area contributed by atoms with E-state index in [-0.39, 0.29) is 12.4 Å². The molecule has 0 radical (unpaired) electrons. The zero-order valence-electron chi connectivity index (χ0n) is 14.6. The number of nitriles is 1. The number of carbonyl (C=O) groups is 1. The number of benzene rings is 1. The first-order valence-electron chi connectivity index (χ1n) is 8.37. The highest BCUT2D eigenvalue weighted by Crippen LogP contribution is 2.48. The van der Waals surface area contributed by atoms with Gasteiger partial charge in [-0.1, -0.05) is 0 Å². The second-order valence-corrected chi connectivity index (χ2v) is 7.35. The number of hydrogen-bond donors (Lipinski definition) is 2. The maximum absolute atomic E-state index is 11.9. The number of rotatable bonds is 2. The number of nitrogens with zero attached hydrogens (tertiary/aromatic N) is 2. The SMILES string of the molecule is CC1(C)Oc2ccc(C#N)cc2C(N=C2CCC(=O)C2CO)C1(C)O. The summed E-state index contributed by atoms with van der Waals surface area (Å²) in [6, 6.07) is 6.44. The average molecular weight is 342 g/mol. The molecule has 3 unspecified atom stereocenters. The molecular weight excluding hydrogens is 320 g/mol. The first-order valence-corrected chi connectivity index (χ1v) is 8.37. The summed E-state index contributed by atoms with van der Waals surface area (Å²) in [5, 5.41) is 29.9. The highest BCUT2D eigenvalue weighted by molar-refractivity contribution is 6.11. The molecule has 0 spiro atoms. The Labute approximate surface area is 146 Å². The van der Waals surface area contributed by atoms with E-state index in [2.05, 4.69) is 6.07 Å². The molecule has 1 heterocycles. The third kappa shape index (κ3) is 2.74. The Morgan fingerprint density at radius 1 is 1.36 bits per heavy atom. The van der Waals surface area contributed by atoms with Gasteiger partial charge in [-0.3, -0.25) is 9.79 Å². The maximum atomic E-state index is 11.9. The molecule has 1 aliphatic heterocycles. The van der Waals surface area contributed by atoms with Gasteiger partial charge in [-0.15, -0.1) is 0 Å². The van der Waals surface area contributed by atoms with Crippen molar-refractivity contribution in [2.45, 2.75) is 50.9 Å². The molecule has 3 atom stereocenters. The minimum atomic E-state index is -1.35. The van der Waals surface area contributed by atoms with Gasteiger partial charge in [0.2, 0.25) is 0 Å². The molecule has 2 aliphatic rings. The largest absolute Gasteiger partial charge is 0.484 e. The van der Waals surface area contributed by atoms with Crippen LogP contribution in [0.15, 0.2) is 23.2 Å². The van der Waals surface area contributed by atoms with Gasteiger partial charge in [-0.2, -0.15) is 5.26 Å². The number of aliphatic imine (C=N–C) groups is 1. The second kappa shape index (κ2) is 5.94. The molecule has 132 valence electrons. The van der Waals surface area contributed by atoms with E-state index >= 15 is 0 Å². The van der Waals surface area contributed by atoms with Crippen LogP contribution in [0.4, 0.5) is 0 Å². The van der Waals surface area contributed by atoms with E-state index in [9.17, 15) is 20.3 Å². The predicted molar refractivity (Wildman–Crippen MR) is 91.5 cm³/mol. The first kappa shape index (κ1) is 17.6. The van der Waals surface area contributed by atoms with Crippen LogP contribution in [-0.4, -0.2) is 39.5 Å². The quantitative estimate of drug-likeness (QED) is 0.855. The Balaban J connectivity index is 2.16. The van der Waals surface area contributed by atoms with Crippen LogP contribution in [0, 0.1) is 17.2 Å². The third-order valence-electron chi connectivity index (χ3n) is 5.45. The lowest BCUT2D eigenvalue weighted by Gasteiger charge is -2.48. The van der Waals surface area contributed by atoms with E-state index in [1.54, 1.807) is 39.0 Å². The lowest BCUT2D eigenvalue weighted by Crippen LogP contribution is -2.58. The predicted octanol–water partition coefficient (Wildman–Crippen LogP) is 1.93. The van der Waals surface area contributed by atoms with Crippen molar-refractivity contribution in [3.05, 3.63) is 29.3 Å². The topological polar surface area (TPSA) is 103 Å². The fraction of sp³-hybridized carbons (Fsp3) is 0.526. The first-order chi connectivity index (χ1) is 11.7. The van der Waals surface area contributed by atoms with Crippen LogP contribution in [-0.2, 0) is 4.79 Å². The fourth-order valence-electron chi connectivity index (χ4n) is 3.44. The number of Topliss-reactive ketones (excluding diaryl/α,β-unsaturated/α-hetero) is 1. The Kier molecular flexibility index (Phi) is 4.18. The summed E-state index contributed by atoms with van der Waals surface area (Å²) in [6.07, 6.45) is 0.828. The number of ketones is 1. The van der Waals surface area contributed by atoms with E-state index in [0.29, 0.717) is 35.4 Å². The number of ether oxygens (including phenoxy) is 1. The van der Waals surface area contributed by atoms with Crippen LogP contribution in [0.5, 0.6) is 5.75 Å². The van der Waals surface area contributed by atoms with Crippen molar-refractivity contribution in [3.8, 4) is 11.8 Å². The van der Waals surface area contributed by atoms with E-state index in [1.807, 2.05) is 0 Å². The zero-order chi connectivity index (χ0) is 18.4. The van der Waals surface area contributed by atoms with E-state index in [1.165, 1.54) is 0 Å². The van der Waals surface area contributed by atoms with Crippen molar-refractivity contribution in [1.82, 2.24) is 0 Å². The summed E-state index contributed by atoms with van der Waals surface area (Å²) in [5.74, 6) is -0.0719. The van der Waals surface area contributed by atoms with Gasteiger partial charge in [-0.25, -0.2) is 0 Å². The number of fused-ring (bicyclic) bond motifs is 1. The minimum Gasteiger partial charge on any atom is -0.484 e. The Morgan fingerprint density at radius 2 is 2.08 bits per heavy atom. The standard InChI is InChI=1S/C19H22N2O4/c1-18(2)19(3,24)17(21-14-5-6-15(23)13(14)10-22)12-8-11(9-20)4-7-16(12)25-18/h4,7-8,13,17,22,24H,5-6,10H2,1-3H3. The third-order valence-corrected chi connectivity index (χ3v) is 5.45. The summed E-state index contributed by atoms with van der Waals surface area (Å²) in [7, 11) is 0. The van der Waals surface area contributed by atoms with Crippen molar-refractivity contribution in [2.24, 2.45) is 10.9 Å². The summed E-state index contributed by atoms with van der Waals surface area (Å²) in [4.78, 5) is 16.6. The van der Waals surface area contributed by atoms with Gasteiger partial charge >= 0.3 is 0 Å². The molecule has 0 amide bonds. The van der Waals surface area contributed by atoms with Crippen molar-refractivity contribution < 1.29 is 19.7 Å². The second-order valence-electron chi connectivity index (χ2n) is 7.35. The summed E-state index contributed by atoms with van der Waals surface area (Å²) in [5.41, 5.74) is -0.604. The van der Waals surface area contributed by atoms with E-state index in [4.69, 9.17) is 9.73 Å². The number of hydrogen-bond acceptors (Lipinski definition) is 6. The van der Waals surface area contributed by atoms with Crippen molar-refractivity contribution in [2.75, 3.05) is 6.61 Å². The lowest BCUT2D eigenvalue weighted by molar-refractivity contribution is -0.131. The molecule has 3 rings (SSSR count). The van der Waals surface area contributed by atoms with Gasteiger partial charge in [0.1, 0.15) is 28.8 Å². The Hall–Kier alpha value is -2.23. The molecule has 25 heavy (non-hydrogen) atoms. The number of aliphatic hydroxyl groups is 2. The van der Waals surface area contributed by atoms with Crippen molar-refractivity contribution >= 4 is 11.5 Å². The van der Waals surface area contributed by atoms with Crippen molar-refractivity contribution in [3.63, 3.8) is 0 Å². The van der Waals surface area contributed by atoms with Crippen LogP contribution in [0.1, 0.15) is 50.8 Å². The molecule has 1 fully saturated rings. The summed E-state index contributed by atoms with van der Waals surface area (Å²) in [6.45, 7) is 4.93. The molecule has 0 bridgehead atoms. The van der Waals surface area contributed by atoms with Crippen LogP contribution < -0.4 is 4.74 Å². The molecule has 0 aromatic heterocycles. The lowest BCUT2D eigenvalue weighted by atomic mass is 9.75. The normalized spacial score (nSPS) is 32.2. The number of carbonyl (C=O) groups excluding carboxylic acids is 1. The molecule has 0 saturated heterocycles. The molecule has 6 heteroatoms. The van der Waals surface area contributed by atoms with Crippen LogP contribution in [0.2, 0.25) is 0 Å². The molecule has 1 saturated carbocycles. The Bertz CT molecular complexity index is 789. The number of aliphatic hydroxyl groups excluding tert-OH is 1. The van der Waals surface area contributed by atoms with E-state index in [0.717, 1.165) is 0 Å². The molecular formula is C19H22N2O4. The van der Waals surface area contributed by atoms with Gasteiger partial charge in [0.15, 0.2) is 0 Å². The summed E-state index contributed by atoms with van der Waals surface area (Å²) < 4.78 is 5.96. The Morgan fingerprint density at radius 3 is 2.72 bits per heavy atom. The van der Waals surface area contributed by atoms with Gasteiger partial charge in [0.05, 0.1) is 24.2 Å². The van der Waals surface area contributed by atoms with Gasteiger partial charge < -0.3 is 14.9 Å². The van der Waals surface area contributed by atoms with Crippen LogP contribution in [0.3, 0.4) is 0 Å². The average Bonchev–Trinajstić information content (AvgIpc) is 2.91. The maximum Gasteiger partial charge on any atom is 0.144 e. The minimum absolute atomic E-state index is 0.0294. The highest BCUT2D eigenvalue weighted by atomic mass is 16.5.